The average Bonchev–Trinajstić information content (AvgIpc) is 3.63. The van der Waals surface area contributed by atoms with Gasteiger partial charge in [-0.2, -0.15) is 0 Å². The van der Waals surface area contributed by atoms with E-state index in [1.807, 2.05) is 30.3 Å². The van der Waals surface area contributed by atoms with Crippen LogP contribution in [0.25, 0.3) is 0 Å². The number of carbonyl (C=O) groups excluding carboxylic acids is 4. The standard InChI is InChI=1S/C38H61N5O7/c1-38(2,3)50-37(49)40-29-19-22-43(23-20-29)36(48)42-31(25-27-14-8-5-9-15-27)35(47)39-21-18-32(44)41-30(24-26-12-6-4-7-13-26)34(46)33(45)28-16-10-11-17-28/h5,8-9,14-15,26,28-31,33-34,45-46H,4,6-7,10-13,16-25H2,1-3H3,(H,39,47)(H,40,49)(H,41,44)(H,42,48)/t30-,31-,33-,34+/m0/s1. The minimum atomic E-state index is -1.04. The van der Waals surface area contributed by atoms with E-state index < -0.39 is 41.9 Å². The van der Waals surface area contributed by atoms with Gasteiger partial charge in [-0.1, -0.05) is 75.3 Å². The first kappa shape index (κ1) is 39.4. The molecule has 2 saturated carbocycles. The maximum atomic E-state index is 13.5. The third kappa shape index (κ3) is 13.1. The van der Waals surface area contributed by atoms with E-state index in [-0.39, 0.29) is 43.3 Å². The van der Waals surface area contributed by atoms with E-state index in [1.165, 1.54) is 6.42 Å². The molecule has 3 fully saturated rings. The van der Waals surface area contributed by atoms with Crippen LogP contribution in [0, 0.1) is 11.8 Å². The van der Waals surface area contributed by atoms with Gasteiger partial charge in [0.15, 0.2) is 0 Å². The van der Waals surface area contributed by atoms with Crippen LogP contribution in [0.1, 0.15) is 110 Å². The molecule has 0 unspecified atom stereocenters. The number of urea groups is 1. The van der Waals surface area contributed by atoms with Gasteiger partial charge in [0.2, 0.25) is 11.8 Å². The molecule has 12 nitrogen and oxygen atoms in total. The first-order valence-corrected chi connectivity index (χ1v) is 18.9. The Labute approximate surface area is 297 Å². The minimum Gasteiger partial charge on any atom is -0.444 e. The summed E-state index contributed by atoms with van der Waals surface area (Å²) < 4.78 is 5.35. The number of hydrogen-bond donors (Lipinski definition) is 6. The highest BCUT2D eigenvalue weighted by Gasteiger charge is 2.36. The Balaban J connectivity index is 1.29. The molecule has 50 heavy (non-hydrogen) atoms. The van der Waals surface area contributed by atoms with Crippen molar-refractivity contribution < 1.29 is 34.1 Å². The van der Waals surface area contributed by atoms with E-state index in [4.69, 9.17) is 4.74 Å². The van der Waals surface area contributed by atoms with Gasteiger partial charge in [-0.15, -0.1) is 0 Å². The molecule has 1 aliphatic heterocycles. The highest BCUT2D eigenvalue weighted by Crippen LogP contribution is 2.32. The number of ether oxygens (including phenoxy) is 1. The molecule has 0 spiro atoms. The smallest absolute Gasteiger partial charge is 0.407 e. The molecule has 0 bridgehead atoms. The number of alkyl carbamates (subject to hydrolysis) is 1. The van der Waals surface area contributed by atoms with E-state index in [2.05, 4.69) is 21.3 Å². The lowest BCUT2D eigenvalue weighted by molar-refractivity contribution is -0.125. The number of nitrogens with one attached hydrogen (secondary N) is 4. The van der Waals surface area contributed by atoms with E-state index >= 15 is 0 Å². The van der Waals surface area contributed by atoms with Crippen molar-refractivity contribution in [1.29, 1.82) is 0 Å². The van der Waals surface area contributed by atoms with Crippen LogP contribution in [0.15, 0.2) is 30.3 Å². The lowest BCUT2D eigenvalue weighted by Gasteiger charge is -2.34. The van der Waals surface area contributed by atoms with Crippen LogP contribution in [-0.2, 0) is 20.7 Å². The van der Waals surface area contributed by atoms with E-state index in [1.54, 1.807) is 25.7 Å². The Morgan fingerprint density at radius 3 is 2.16 bits per heavy atom. The Hall–Kier alpha value is -3.38. The van der Waals surface area contributed by atoms with Gasteiger partial charge in [0, 0.05) is 38.5 Å². The van der Waals surface area contributed by atoms with Crippen molar-refractivity contribution in [3.63, 3.8) is 0 Å². The second-order valence-electron chi connectivity index (χ2n) is 15.6. The number of carbonyl (C=O) groups is 4. The van der Waals surface area contributed by atoms with E-state index in [0.29, 0.717) is 38.3 Å². The highest BCUT2D eigenvalue weighted by molar-refractivity contribution is 5.88. The van der Waals surface area contributed by atoms with Gasteiger partial charge in [0.1, 0.15) is 17.7 Å². The number of rotatable bonds is 14. The van der Waals surface area contributed by atoms with Crippen molar-refractivity contribution in [3.8, 4) is 0 Å². The number of amides is 5. The number of aliphatic hydroxyl groups excluding tert-OH is 2. The number of likely N-dealkylation sites (tertiary alicyclic amines) is 1. The molecule has 1 heterocycles. The molecule has 2 aliphatic carbocycles. The molecule has 3 aliphatic rings. The molecule has 1 aromatic rings. The highest BCUT2D eigenvalue weighted by atomic mass is 16.6. The maximum absolute atomic E-state index is 13.5. The molecule has 1 saturated heterocycles. The summed E-state index contributed by atoms with van der Waals surface area (Å²) in [5, 5.41) is 33.8. The average molecular weight is 700 g/mol. The summed E-state index contributed by atoms with van der Waals surface area (Å²) in [6.45, 7) is 6.30. The topological polar surface area (TPSA) is 169 Å². The normalized spacial score (nSPS) is 20.3. The van der Waals surface area contributed by atoms with Crippen LogP contribution in [0.2, 0.25) is 0 Å². The molecule has 1 aromatic carbocycles. The lowest BCUT2D eigenvalue weighted by Crippen LogP contribution is -2.55. The summed E-state index contributed by atoms with van der Waals surface area (Å²) in [4.78, 5) is 53.8. The predicted molar refractivity (Wildman–Crippen MR) is 191 cm³/mol. The zero-order chi connectivity index (χ0) is 36.1. The lowest BCUT2D eigenvalue weighted by atomic mass is 9.81. The second kappa shape index (κ2) is 19.3. The van der Waals surface area contributed by atoms with Crippen LogP contribution in [-0.4, -0.2) is 94.6 Å². The van der Waals surface area contributed by atoms with Crippen LogP contribution in [0.5, 0.6) is 0 Å². The molecular formula is C38H61N5O7. The Kier molecular flexibility index (Phi) is 15.2. The van der Waals surface area contributed by atoms with E-state index in [9.17, 15) is 29.4 Å². The van der Waals surface area contributed by atoms with Crippen molar-refractivity contribution in [2.75, 3.05) is 19.6 Å². The van der Waals surface area contributed by atoms with Gasteiger partial charge in [0.05, 0.1) is 12.1 Å². The molecular weight excluding hydrogens is 638 g/mol. The summed E-state index contributed by atoms with van der Waals surface area (Å²) in [7, 11) is 0. The number of nitrogens with zero attached hydrogens (tertiary/aromatic N) is 1. The molecule has 280 valence electrons. The number of hydrogen-bond acceptors (Lipinski definition) is 7. The summed E-state index contributed by atoms with van der Waals surface area (Å²) in [6, 6.07) is 7.53. The molecule has 0 aromatic heterocycles. The third-order valence-electron chi connectivity index (χ3n) is 10.4. The summed E-state index contributed by atoms with van der Waals surface area (Å²) >= 11 is 0. The van der Waals surface area contributed by atoms with Crippen LogP contribution < -0.4 is 21.3 Å². The SMILES string of the molecule is CC(C)(C)OC(=O)NC1CCN(C(=O)N[C@@H](Cc2ccccc2)C(=O)NCCC(=O)N[C@@H](CC2CCCCC2)[C@@H](O)[C@@H](O)C2CCCC2)CC1. The van der Waals surface area contributed by atoms with Crippen LogP contribution in [0.4, 0.5) is 9.59 Å². The van der Waals surface area contributed by atoms with Crippen molar-refractivity contribution in [2.45, 2.75) is 147 Å². The minimum absolute atomic E-state index is 0.00329. The predicted octanol–water partition coefficient (Wildman–Crippen LogP) is 4.17. The zero-order valence-corrected chi connectivity index (χ0v) is 30.3. The number of piperidine rings is 1. The fourth-order valence-corrected chi connectivity index (χ4v) is 7.58. The summed E-state index contributed by atoms with van der Waals surface area (Å²) in [5.74, 6) is -0.247. The van der Waals surface area contributed by atoms with E-state index in [0.717, 1.165) is 56.9 Å². The van der Waals surface area contributed by atoms with Gasteiger partial charge in [-0.3, -0.25) is 9.59 Å². The van der Waals surface area contributed by atoms with Gasteiger partial charge in [0.25, 0.3) is 0 Å². The summed E-state index contributed by atoms with van der Waals surface area (Å²) in [5.41, 5.74) is 0.284. The fraction of sp³-hybridized carbons (Fsp3) is 0.737. The Morgan fingerprint density at radius 1 is 0.880 bits per heavy atom. The largest absolute Gasteiger partial charge is 0.444 e. The first-order valence-electron chi connectivity index (χ1n) is 18.9. The van der Waals surface area contributed by atoms with Crippen molar-refractivity contribution >= 4 is 23.9 Å². The second-order valence-corrected chi connectivity index (χ2v) is 15.6. The molecule has 4 rings (SSSR count). The summed E-state index contributed by atoms with van der Waals surface area (Å²) in [6.07, 6.45) is 9.11. The quantitative estimate of drug-likeness (QED) is 0.169. The monoisotopic (exact) mass is 699 g/mol. The molecule has 6 N–H and O–H groups in total. The van der Waals surface area contributed by atoms with Gasteiger partial charge in [-0.25, -0.2) is 9.59 Å². The molecule has 5 amide bonds. The van der Waals surface area contributed by atoms with Gasteiger partial charge >= 0.3 is 12.1 Å². The van der Waals surface area contributed by atoms with Crippen molar-refractivity contribution in [2.24, 2.45) is 11.8 Å². The van der Waals surface area contributed by atoms with Crippen LogP contribution >= 0.6 is 0 Å². The third-order valence-corrected chi connectivity index (χ3v) is 10.4. The molecule has 4 atom stereocenters. The van der Waals surface area contributed by atoms with Gasteiger partial charge < -0.3 is 41.1 Å². The van der Waals surface area contributed by atoms with Crippen LogP contribution in [0.3, 0.4) is 0 Å². The number of aliphatic hydroxyl groups is 2. The molecule has 12 heteroatoms. The fourth-order valence-electron chi connectivity index (χ4n) is 7.58. The Bertz CT molecular complexity index is 1220. The molecule has 0 radical (unpaired) electrons. The van der Waals surface area contributed by atoms with Crippen molar-refractivity contribution in [1.82, 2.24) is 26.2 Å². The maximum Gasteiger partial charge on any atom is 0.407 e. The van der Waals surface area contributed by atoms with Crippen molar-refractivity contribution in [3.05, 3.63) is 35.9 Å². The first-order chi connectivity index (χ1) is 23.9. The number of benzene rings is 1. The Morgan fingerprint density at radius 2 is 1.52 bits per heavy atom. The van der Waals surface area contributed by atoms with Gasteiger partial charge in [-0.05, 0) is 70.3 Å². The zero-order valence-electron chi connectivity index (χ0n) is 30.3.